The average molecular weight is 256 g/mol. The molecule has 0 aromatic rings. The smallest absolute Gasteiger partial charge is 0.233 e. The van der Waals surface area contributed by atoms with E-state index >= 15 is 0 Å². The minimum Gasteiger partial charge on any atom is -0.392 e. The van der Waals surface area contributed by atoms with Crippen LogP contribution in [0.15, 0.2) is 0 Å². The monoisotopic (exact) mass is 256 g/mol. The zero-order valence-corrected chi connectivity index (χ0v) is 12.1. The van der Waals surface area contributed by atoms with Crippen molar-refractivity contribution in [3.05, 3.63) is 0 Å². The van der Waals surface area contributed by atoms with Gasteiger partial charge in [0.2, 0.25) is 5.91 Å². The molecular formula is C13H24N2OS. The van der Waals surface area contributed by atoms with Gasteiger partial charge in [0.25, 0.3) is 0 Å². The topological polar surface area (TPSA) is 55.1 Å². The number of rotatable bonds is 4. The molecule has 1 amide bonds. The van der Waals surface area contributed by atoms with Crippen molar-refractivity contribution in [2.24, 2.45) is 22.5 Å². The molecule has 0 aromatic heterocycles. The second-order valence-electron chi connectivity index (χ2n) is 6.53. The van der Waals surface area contributed by atoms with Crippen LogP contribution in [-0.2, 0) is 4.79 Å². The molecule has 4 heteroatoms. The maximum absolute atomic E-state index is 12.1. The van der Waals surface area contributed by atoms with Crippen LogP contribution in [0.5, 0.6) is 0 Å². The molecule has 1 aliphatic carbocycles. The summed E-state index contributed by atoms with van der Waals surface area (Å²) in [6.07, 6.45) is 2.55. The highest BCUT2D eigenvalue weighted by Crippen LogP contribution is 2.45. The molecule has 0 spiro atoms. The van der Waals surface area contributed by atoms with Gasteiger partial charge in [0, 0.05) is 6.54 Å². The Balaban J connectivity index is 2.49. The third-order valence-electron chi connectivity index (χ3n) is 3.46. The first-order valence-corrected chi connectivity index (χ1v) is 6.66. The highest BCUT2D eigenvalue weighted by molar-refractivity contribution is 7.80. The molecule has 0 unspecified atom stereocenters. The van der Waals surface area contributed by atoms with E-state index in [4.69, 9.17) is 18.0 Å². The number of carbonyl (C=O) groups excluding carboxylic acids is 1. The molecule has 1 fully saturated rings. The van der Waals surface area contributed by atoms with E-state index in [-0.39, 0.29) is 11.3 Å². The van der Waals surface area contributed by atoms with Crippen LogP contribution in [0.25, 0.3) is 0 Å². The van der Waals surface area contributed by atoms with Crippen LogP contribution < -0.4 is 11.1 Å². The second-order valence-corrected chi connectivity index (χ2v) is 6.97. The predicted octanol–water partition coefficient (Wildman–Crippen LogP) is 2.24. The van der Waals surface area contributed by atoms with E-state index in [1.54, 1.807) is 0 Å². The fraction of sp³-hybridized carbons (Fsp3) is 0.846. The first-order chi connectivity index (χ1) is 7.67. The lowest BCUT2D eigenvalue weighted by Gasteiger charge is -2.44. The van der Waals surface area contributed by atoms with Crippen LogP contribution in [0, 0.1) is 16.7 Å². The summed E-state index contributed by atoms with van der Waals surface area (Å²) < 4.78 is 0. The third kappa shape index (κ3) is 3.41. The molecule has 0 saturated heterocycles. The van der Waals surface area contributed by atoms with Gasteiger partial charge in [-0.3, -0.25) is 4.79 Å². The van der Waals surface area contributed by atoms with Gasteiger partial charge in [0.15, 0.2) is 0 Å². The fourth-order valence-electron chi connectivity index (χ4n) is 2.35. The number of hydrogen-bond acceptors (Lipinski definition) is 2. The van der Waals surface area contributed by atoms with Crippen LogP contribution in [0.2, 0.25) is 0 Å². The third-order valence-corrected chi connectivity index (χ3v) is 3.85. The van der Waals surface area contributed by atoms with Crippen LogP contribution in [-0.4, -0.2) is 17.4 Å². The van der Waals surface area contributed by atoms with Crippen molar-refractivity contribution in [2.75, 3.05) is 6.54 Å². The van der Waals surface area contributed by atoms with E-state index < -0.39 is 5.41 Å². The van der Waals surface area contributed by atoms with E-state index in [1.807, 2.05) is 0 Å². The summed E-state index contributed by atoms with van der Waals surface area (Å²) in [6.45, 7) is 9.30. The Morgan fingerprint density at radius 1 is 1.47 bits per heavy atom. The van der Waals surface area contributed by atoms with E-state index in [9.17, 15) is 4.79 Å². The Morgan fingerprint density at radius 3 is 2.35 bits per heavy atom. The summed E-state index contributed by atoms with van der Waals surface area (Å²) in [5.41, 5.74) is 5.39. The highest BCUT2D eigenvalue weighted by Gasteiger charge is 2.50. The Hall–Kier alpha value is -0.640. The maximum Gasteiger partial charge on any atom is 0.233 e. The van der Waals surface area contributed by atoms with Crippen LogP contribution in [0.3, 0.4) is 0 Å². The van der Waals surface area contributed by atoms with Gasteiger partial charge in [0.05, 0.1) is 10.4 Å². The molecule has 1 aliphatic rings. The zero-order valence-electron chi connectivity index (χ0n) is 11.3. The lowest BCUT2D eigenvalue weighted by atomic mass is 9.62. The predicted molar refractivity (Wildman–Crippen MR) is 74.7 cm³/mol. The van der Waals surface area contributed by atoms with Gasteiger partial charge < -0.3 is 11.1 Å². The van der Waals surface area contributed by atoms with E-state index in [2.05, 4.69) is 33.0 Å². The summed E-state index contributed by atoms with van der Waals surface area (Å²) in [4.78, 5) is 12.5. The van der Waals surface area contributed by atoms with Crippen molar-refractivity contribution in [3.63, 3.8) is 0 Å². The number of hydrogen-bond donors (Lipinski definition) is 2. The first kappa shape index (κ1) is 14.4. The van der Waals surface area contributed by atoms with Gasteiger partial charge in [-0.25, -0.2) is 0 Å². The van der Waals surface area contributed by atoms with Crippen molar-refractivity contribution in [3.8, 4) is 0 Å². The summed E-state index contributed by atoms with van der Waals surface area (Å²) >= 11 is 5.05. The van der Waals surface area contributed by atoms with Crippen molar-refractivity contribution >= 4 is 23.1 Å². The number of nitrogens with two attached hydrogens (primary N) is 1. The van der Waals surface area contributed by atoms with E-state index in [1.165, 1.54) is 0 Å². The Labute approximate surface area is 110 Å². The summed E-state index contributed by atoms with van der Waals surface area (Å²) in [7, 11) is 0. The van der Waals surface area contributed by atoms with Crippen LogP contribution >= 0.6 is 12.2 Å². The number of nitrogens with one attached hydrogen (secondary N) is 1. The Morgan fingerprint density at radius 2 is 2.00 bits per heavy atom. The fourth-order valence-corrected chi connectivity index (χ4v) is 2.61. The van der Waals surface area contributed by atoms with Crippen molar-refractivity contribution < 1.29 is 4.79 Å². The van der Waals surface area contributed by atoms with Gasteiger partial charge in [0.1, 0.15) is 0 Å². The van der Waals surface area contributed by atoms with Gasteiger partial charge in [-0.2, -0.15) is 0 Å². The van der Waals surface area contributed by atoms with Gasteiger partial charge in [-0.05, 0) is 30.6 Å². The molecule has 1 saturated carbocycles. The average Bonchev–Trinajstić information content (AvgIpc) is 2.09. The molecule has 0 bridgehead atoms. The lowest BCUT2D eigenvalue weighted by Crippen LogP contribution is -2.56. The molecule has 3 N–H and O–H groups in total. The number of carbonyl (C=O) groups is 1. The molecule has 0 aliphatic heterocycles. The van der Waals surface area contributed by atoms with Crippen molar-refractivity contribution in [1.29, 1.82) is 0 Å². The van der Waals surface area contributed by atoms with Crippen molar-refractivity contribution in [2.45, 2.75) is 47.0 Å². The minimum atomic E-state index is -0.563. The zero-order chi connectivity index (χ0) is 13.3. The Bertz CT molecular complexity index is 314. The largest absolute Gasteiger partial charge is 0.392 e. The Kier molecular flexibility index (Phi) is 4.18. The SMILES string of the molecule is CC1CC(C(=O)NCCC(C)(C)C)(C(N)=S)C1. The maximum atomic E-state index is 12.1. The van der Waals surface area contributed by atoms with Crippen LogP contribution in [0.4, 0.5) is 0 Å². The lowest BCUT2D eigenvalue weighted by molar-refractivity contribution is -0.132. The van der Waals surface area contributed by atoms with Crippen LogP contribution in [0.1, 0.15) is 47.0 Å². The molecule has 1 rings (SSSR count). The van der Waals surface area contributed by atoms with E-state index in [0.717, 1.165) is 19.3 Å². The molecule has 0 heterocycles. The molecule has 3 nitrogen and oxygen atoms in total. The number of thiocarbonyl (C=S) groups is 1. The quantitative estimate of drug-likeness (QED) is 0.759. The normalized spacial score (nSPS) is 28.4. The molecule has 98 valence electrons. The summed E-state index contributed by atoms with van der Waals surface area (Å²) in [5, 5.41) is 2.98. The second kappa shape index (κ2) is 4.92. The van der Waals surface area contributed by atoms with Crippen molar-refractivity contribution in [1.82, 2.24) is 5.32 Å². The van der Waals surface area contributed by atoms with E-state index in [0.29, 0.717) is 17.5 Å². The summed E-state index contributed by atoms with van der Waals surface area (Å²) in [5.74, 6) is 0.567. The molecule has 0 radical (unpaired) electrons. The summed E-state index contributed by atoms with van der Waals surface area (Å²) in [6, 6.07) is 0. The molecule has 17 heavy (non-hydrogen) atoms. The standard InChI is InChI=1S/C13H24N2OS/c1-9-7-13(8-9,10(14)17)11(16)15-6-5-12(2,3)4/h9H,5-8H2,1-4H3,(H2,14,17)(H,15,16). The van der Waals surface area contributed by atoms with Gasteiger partial charge in [-0.15, -0.1) is 0 Å². The minimum absolute atomic E-state index is 0.0207. The molecule has 0 aromatic carbocycles. The molecule has 0 atom stereocenters. The van der Waals surface area contributed by atoms with Gasteiger partial charge >= 0.3 is 0 Å². The first-order valence-electron chi connectivity index (χ1n) is 6.25. The molecular weight excluding hydrogens is 232 g/mol. The number of amides is 1. The van der Waals surface area contributed by atoms with Gasteiger partial charge in [-0.1, -0.05) is 39.9 Å². The highest BCUT2D eigenvalue weighted by atomic mass is 32.1.